The van der Waals surface area contributed by atoms with Crippen LogP contribution in [0, 0.1) is 6.92 Å². The zero-order valence-electron chi connectivity index (χ0n) is 9.08. The Bertz CT molecular complexity index is 450. The summed E-state index contributed by atoms with van der Waals surface area (Å²) in [4.78, 5) is 12.0. The number of aryl methyl sites for hydroxylation is 1. The molecule has 0 bridgehead atoms. The van der Waals surface area contributed by atoms with E-state index in [2.05, 4.69) is 5.32 Å². The van der Waals surface area contributed by atoms with Crippen LogP contribution < -0.4 is 10.1 Å². The van der Waals surface area contributed by atoms with Crippen molar-refractivity contribution in [2.75, 3.05) is 18.5 Å². The lowest BCUT2D eigenvalue weighted by atomic mass is 9.99. The molecule has 16 heavy (non-hydrogen) atoms. The molecule has 1 N–H and O–H groups in total. The SMILES string of the molecule is Cc1ccc2c(c1)NC(=O)C1(CCOC1)O2. The van der Waals surface area contributed by atoms with Crippen molar-refractivity contribution in [1.82, 2.24) is 0 Å². The lowest BCUT2D eigenvalue weighted by Crippen LogP contribution is -2.51. The van der Waals surface area contributed by atoms with Gasteiger partial charge in [0.1, 0.15) is 5.75 Å². The quantitative estimate of drug-likeness (QED) is 0.719. The van der Waals surface area contributed by atoms with Crippen molar-refractivity contribution in [2.24, 2.45) is 0 Å². The van der Waals surface area contributed by atoms with Crippen molar-refractivity contribution in [2.45, 2.75) is 18.9 Å². The van der Waals surface area contributed by atoms with Crippen molar-refractivity contribution >= 4 is 11.6 Å². The minimum Gasteiger partial charge on any atom is -0.473 e. The number of carbonyl (C=O) groups is 1. The maximum atomic E-state index is 12.0. The first-order valence-corrected chi connectivity index (χ1v) is 5.38. The number of carbonyl (C=O) groups excluding carboxylic acids is 1. The number of hydrogen-bond acceptors (Lipinski definition) is 3. The Balaban J connectivity index is 2.01. The largest absolute Gasteiger partial charge is 0.473 e. The summed E-state index contributed by atoms with van der Waals surface area (Å²) >= 11 is 0. The highest BCUT2D eigenvalue weighted by molar-refractivity contribution is 6.01. The normalized spacial score (nSPS) is 27.4. The van der Waals surface area contributed by atoms with E-state index in [-0.39, 0.29) is 5.91 Å². The summed E-state index contributed by atoms with van der Waals surface area (Å²) in [5, 5.41) is 2.89. The van der Waals surface area contributed by atoms with Crippen LogP contribution in [0.4, 0.5) is 5.69 Å². The molecule has 1 amide bonds. The summed E-state index contributed by atoms with van der Waals surface area (Å²) in [6.45, 7) is 2.90. The molecule has 4 nitrogen and oxygen atoms in total. The van der Waals surface area contributed by atoms with Crippen molar-refractivity contribution in [3.63, 3.8) is 0 Å². The molecular formula is C12H13NO3. The highest BCUT2D eigenvalue weighted by atomic mass is 16.6. The van der Waals surface area contributed by atoms with Crippen molar-refractivity contribution < 1.29 is 14.3 Å². The van der Waals surface area contributed by atoms with Gasteiger partial charge in [-0.3, -0.25) is 4.79 Å². The van der Waals surface area contributed by atoms with Gasteiger partial charge < -0.3 is 14.8 Å². The van der Waals surface area contributed by atoms with Crippen LogP contribution in [0.1, 0.15) is 12.0 Å². The van der Waals surface area contributed by atoms with Gasteiger partial charge >= 0.3 is 0 Å². The first-order valence-electron chi connectivity index (χ1n) is 5.38. The van der Waals surface area contributed by atoms with E-state index in [1.807, 2.05) is 25.1 Å². The molecule has 84 valence electrons. The third-order valence-corrected chi connectivity index (χ3v) is 3.09. The van der Waals surface area contributed by atoms with E-state index in [0.717, 1.165) is 17.0 Å². The fraction of sp³-hybridized carbons (Fsp3) is 0.417. The molecule has 1 unspecified atom stereocenters. The molecule has 1 saturated heterocycles. The van der Waals surface area contributed by atoms with Gasteiger partial charge in [-0.25, -0.2) is 0 Å². The Morgan fingerprint density at radius 1 is 1.44 bits per heavy atom. The Kier molecular flexibility index (Phi) is 1.94. The van der Waals surface area contributed by atoms with Gasteiger partial charge in [-0.2, -0.15) is 0 Å². The summed E-state index contributed by atoms with van der Waals surface area (Å²) < 4.78 is 11.1. The minimum absolute atomic E-state index is 0.0944. The molecule has 1 spiro atoms. The lowest BCUT2D eigenvalue weighted by molar-refractivity contribution is -0.132. The number of nitrogens with one attached hydrogen (secondary N) is 1. The molecule has 4 heteroatoms. The van der Waals surface area contributed by atoms with Crippen LogP contribution in [0.25, 0.3) is 0 Å². The van der Waals surface area contributed by atoms with Crippen LogP contribution in [-0.2, 0) is 9.53 Å². The van der Waals surface area contributed by atoms with Gasteiger partial charge in [-0.1, -0.05) is 6.07 Å². The van der Waals surface area contributed by atoms with E-state index < -0.39 is 5.60 Å². The first kappa shape index (κ1) is 9.66. The van der Waals surface area contributed by atoms with Crippen molar-refractivity contribution in [3.05, 3.63) is 23.8 Å². The molecule has 0 saturated carbocycles. The van der Waals surface area contributed by atoms with Gasteiger partial charge in [0, 0.05) is 6.42 Å². The summed E-state index contributed by atoms with van der Waals surface area (Å²) in [5.74, 6) is 0.638. The Hall–Kier alpha value is -1.55. The van der Waals surface area contributed by atoms with E-state index in [4.69, 9.17) is 9.47 Å². The van der Waals surface area contributed by atoms with Crippen molar-refractivity contribution in [3.8, 4) is 5.75 Å². The van der Waals surface area contributed by atoms with Gasteiger partial charge in [-0.05, 0) is 24.6 Å². The molecule has 2 aliphatic heterocycles. The van der Waals surface area contributed by atoms with E-state index in [1.165, 1.54) is 0 Å². The van der Waals surface area contributed by atoms with Crippen molar-refractivity contribution in [1.29, 1.82) is 0 Å². The fourth-order valence-corrected chi connectivity index (χ4v) is 2.13. The zero-order chi connectivity index (χ0) is 11.2. The molecule has 0 aromatic heterocycles. The Morgan fingerprint density at radius 2 is 2.31 bits per heavy atom. The number of anilines is 1. The molecule has 0 aliphatic carbocycles. The van der Waals surface area contributed by atoms with Crippen LogP contribution >= 0.6 is 0 Å². The molecule has 1 atom stereocenters. The predicted molar refractivity (Wildman–Crippen MR) is 58.6 cm³/mol. The summed E-state index contributed by atoms with van der Waals surface area (Å²) in [7, 11) is 0. The fourth-order valence-electron chi connectivity index (χ4n) is 2.13. The molecule has 2 aliphatic rings. The maximum Gasteiger partial charge on any atom is 0.271 e. The minimum atomic E-state index is -0.803. The third kappa shape index (κ3) is 1.30. The highest BCUT2D eigenvalue weighted by Crippen LogP contribution is 2.37. The Labute approximate surface area is 93.5 Å². The predicted octanol–water partition coefficient (Wildman–Crippen LogP) is 1.49. The second-order valence-electron chi connectivity index (χ2n) is 4.35. The first-order chi connectivity index (χ1) is 7.70. The van der Waals surface area contributed by atoms with Crippen LogP contribution in [0.2, 0.25) is 0 Å². The van der Waals surface area contributed by atoms with Gasteiger partial charge in [0.05, 0.1) is 18.9 Å². The van der Waals surface area contributed by atoms with Gasteiger partial charge in [-0.15, -0.1) is 0 Å². The van der Waals surface area contributed by atoms with E-state index >= 15 is 0 Å². The number of fused-ring (bicyclic) bond motifs is 1. The standard InChI is InChI=1S/C12H13NO3/c1-8-2-3-10-9(6-8)13-11(14)12(16-10)4-5-15-7-12/h2-3,6H,4-5,7H2,1H3,(H,13,14). The smallest absolute Gasteiger partial charge is 0.271 e. The van der Waals surface area contributed by atoms with Crippen LogP contribution in [0.15, 0.2) is 18.2 Å². The average Bonchev–Trinajstić information content (AvgIpc) is 2.70. The number of amides is 1. The molecule has 3 rings (SSSR count). The lowest BCUT2D eigenvalue weighted by Gasteiger charge is -2.33. The number of benzene rings is 1. The van der Waals surface area contributed by atoms with E-state index in [1.54, 1.807) is 0 Å². The average molecular weight is 219 g/mol. The number of ether oxygens (including phenoxy) is 2. The van der Waals surface area contributed by atoms with Crippen LogP contribution in [-0.4, -0.2) is 24.7 Å². The number of hydrogen-bond donors (Lipinski definition) is 1. The topological polar surface area (TPSA) is 47.6 Å². The van der Waals surface area contributed by atoms with Crippen LogP contribution in [0.3, 0.4) is 0 Å². The van der Waals surface area contributed by atoms with E-state index in [9.17, 15) is 4.79 Å². The second-order valence-corrected chi connectivity index (χ2v) is 4.35. The van der Waals surface area contributed by atoms with Gasteiger partial charge in [0.25, 0.3) is 5.91 Å². The highest BCUT2D eigenvalue weighted by Gasteiger charge is 2.47. The summed E-state index contributed by atoms with van der Waals surface area (Å²) in [6, 6.07) is 5.78. The molecule has 1 fully saturated rings. The number of rotatable bonds is 0. The third-order valence-electron chi connectivity index (χ3n) is 3.09. The summed E-state index contributed by atoms with van der Waals surface area (Å²) in [6.07, 6.45) is 0.617. The molecule has 1 aromatic carbocycles. The molecule has 0 radical (unpaired) electrons. The molecule has 1 aromatic rings. The van der Waals surface area contributed by atoms with Gasteiger partial charge in [0.15, 0.2) is 0 Å². The van der Waals surface area contributed by atoms with Gasteiger partial charge in [0.2, 0.25) is 5.60 Å². The molecule has 2 heterocycles. The zero-order valence-corrected chi connectivity index (χ0v) is 9.08. The molecular weight excluding hydrogens is 206 g/mol. The second kappa shape index (κ2) is 3.22. The Morgan fingerprint density at radius 3 is 3.06 bits per heavy atom. The monoisotopic (exact) mass is 219 g/mol. The summed E-state index contributed by atoms with van der Waals surface area (Å²) in [5.41, 5.74) is 1.05. The van der Waals surface area contributed by atoms with Crippen LogP contribution in [0.5, 0.6) is 5.75 Å². The maximum absolute atomic E-state index is 12.0. The van der Waals surface area contributed by atoms with E-state index in [0.29, 0.717) is 19.6 Å².